The molecule has 9 nitrogen and oxygen atoms in total. The zero-order valence-corrected chi connectivity index (χ0v) is 14.5. The maximum absolute atomic E-state index is 12.6. The Hall–Kier alpha value is -2.62. The highest BCUT2D eigenvalue weighted by molar-refractivity contribution is 7.92. The molecule has 0 saturated carbocycles. The number of carbonyl (C=O) groups excluding carboxylic acids is 2. The van der Waals surface area contributed by atoms with Crippen LogP contribution in [0.4, 0.5) is 11.4 Å². The number of carboxylic acid groups (broad SMARTS) is 1. The molecular weight excluding hydrogens is 338 g/mol. The molecule has 132 valence electrons. The normalized spacial score (nSPS) is 12.2. The lowest BCUT2D eigenvalue weighted by Crippen LogP contribution is -2.40. The Balaban J connectivity index is 3.35. The number of carboxylic acids is 1. The fourth-order valence-electron chi connectivity index (χ4n) is 1.82. The van der Waals surface area contributed by atoms with Crippen LogP contribution in [0, 0.1) is 0 Å². The number of rotatable bonds is 6. The van der Waals surface area contributed by atoms with E-state index in [0.717, 1.165) is 11.2 Å². The van der Waals surface area contributed by atoms with Crippen molar-refractivity contribution in [1.82, 2.24) is 4.90 Å². The Labute approximate surface area is 139 Å². The van der Waals surface area contributed by atoms with Crippen molar-refractivity contribution < 1.29 is 27.9 Å². The van der Waals surface area contributed by atoms with Crippen molar-refractivity contribution in [2.75, 3.05) is 23.3 Å². The topological polar surface area (TPSA) is 133 Å². The minimum Gasteiger partial charge on any atom is -0.480 e. The second kappa shape index (κ2) is 7.30. The summed E-state index contributed by atoms with van der Waals surface area (Å²) in [5, 5.41) is 11.5. The van der Waals surface area contributed by atoms with Crippen LogP contribution in [-0.4, -0.2) is 55.6 Å². The van der Waals surface area contributed by atoms with Gasteiger partial charge in [0, 0.05) is 19.7 Å². The first-order valence-corrected chi connectivity index (χ1v) is 8.71. The molecule has 0 aliphatic heterocycles. The first-order chi connectivity index (χ1) is 10.9. The average molecular weight is 357 g/mol. The maximum Gasteiger partial charge on any atom is 0.326 e. The van der Waals surface area contributed by atoms with Crippen molar-refractivity contribution in [2.45, 2.75) is 19.9 Å². The van der Waals surface area contributed by atoms with E-state index in [1.807, 2.05) is 0 Å². The summed E-state index contributed by atoms with van der Waals surface area (Å²) in [5.41, 5.74) is 0.185. The van der Waals surface area contributed by atoms with Crippen LogP contribution in [-0.2, 0) is 19.6 Å². The molecule has 0 bridgehead atoms. The number of nitrogens with zero attached hydrogens (tertiary/aromatic N) is 1. The fraction of sp³-hybridized carbons (Fsp3) is 0.357. The summed E-state index contributed by atoms with van der Waals surface area (Å²) in [7, 11) is -2.37. The lowest BCUT2D eigenvalue weighted by molar-refractivity contribution is -0.141. The molecule has 0 aliphatic carbocycles. The summed E-state index contributed by atoms with van der Waals surface area (Å²) in [6, 6.07) is 2.90. The molecule has 0 radical (unpaired) electrons. The predicted molar refractivity (Wildman–Crippen MR) is 88.4 cm³/mol. The van der Waals surface area contributed by atoms with Crippen LogP contribution in [0.15, 0.2) is 18.2 Å². The summed E-state index contributed by atoms with van der Waals surface area (Å²) in [4.78, 5) is 35.7. The van der Waals surface area contributed by atoms with Crippen LogP contribution >= 0.6 is 0 Å². The van der Waals surface area contributed by atoms with E-state index in [-0.39, 0.29) is 22.8 Å². The number of nitrogens with one attached hydrogen (secondary N) is 2. The second-order valence-corrected chi connectivity index (χ2v) is 6.99. The quantitative estimate of drug-likeness (QED) is 0.681. The third kappa shape index (κ3) is 5.23. The molecule has 0 aromatic heterocycles. The predicted octanol–water partition coefficient (Wildman–Crippen LogP) is 0.562. The van der Waals surface area contributed by atoms with Crippen LogP contribution in [0.5, 0.6) is 0 Å². The van der Waals surface area contributed by atoms with Crippen molar-refractivity contribution in [3.05, 3.63) is 23.8 Å². The largest absolute Gasteiger partial charge is 0.480 e. The summed E-state index contributed by atoms with van der Waals surface area (Å²) < 4.78 is 25.1. The Morgan fingerprint density at radius 3 is 2.29 bits per heavy atom. The van der Waals surface area contributed by atoms with Crippen molar-refractivity contribution in [3.63, 3.8) is 0 Å². The second-order valence-electron chi connectivity index (χ2n) is 5.25. The number of amides is 2. The number of sulfonamides is 1. The highest BCUT2D eigenvalue weighted by Gasteiger charge is 2.25. The minimum atomic E-state index is -3.66. The SMILES string of the molecule is CC(=O)Nc1ccc(NS(C)(=O)=O)c(C(=O)N(C)C(C)C(=O)O)c1. The van der Waals surface area contributed by atoms with Crippen LogP contribution in [0.2, 0.25) is 0 Å². The van der Waals surface area contributed by atoms with Crippen LogP contribution in [0.25, 0.3) is 0 Å². The third-order valence-electron chi connectivity index (χ3n) is 3.12. The number of benzene rings is 1. The summed E-state index contributed by atoms with van der Waals surface area (Å²) in [5.74, 6) is -2.28. The Kier molecular flexibility index (Phi) is 5.91. The molecule has 0 saturated heterocycles. The molecule has 1 aromatic rings. The number of anilines is 2. The van der Waals surface area contributed by atoms with E-state index in [2.05, 4.69) is 10.0 Å². The van der Waals surface area contributed by atoms with Crippen molar-refractivity contribution in [2.24, 2.45) is 0 Å². The Morgan fingerprint density at radius 2 is 1.83 bits per heavy atom. The molecule has 24 heavy (non-hydrogen) atoms. The van der Waals surface area contributed by atoms with Crippen molar-refractivity contribution >= 4 is 39.2 Å². The van der Waals surface area contributed by atoms with E-state index in [0.29, 0.717) is 0 Å². The summed E-state index contributed by atoms with van der Waals surface area (Å²) >= 11 is 0. The molecule has 1 aromatic carbocycles. The van der Waals surface area contributed by atoms with E-state index in [1.54, 1.807) is 0 Å². The first kappa shape index (κ1) is 19.4. The van der Waals surface area contributed by atoms with Crippen molar-refractivity contribution in [1.29, 1.82) is 0 Å². The lowest BCUT2D eigenvalue weighted by Gasteiger charge is -2.23. The van der Waals surface area contributed by atoms with E-state index < -0.39 is 27.9 Å². The van der Waals surface area contributed by atoms with E-state index in [4.69, 9.17) is 5.11 Å². The van der Waals surface area contributed by atoms with Gasteiger partial charge in [-0.1, -0.05) is 0 Å². The smallest absolute Gasteiger partial charge is 0.326 e. The van der Waals surface area contributed by atoms with Gasteiger partial charge in [-0.2, -0.15) is 0 Å². The highest BCUT2D eigenvalue weighted by atomic mass is 32.2. The van der Waals surface area contributed by atoms with Gasteiger partial charge in [0.1, 0.15) is 6.04 Å². The zero-order chi connectivity index (χ0) is 18.7. The van der Waals surface area contributed by atoms with Gasteiger partial charge in [0.2, 0.25) is 15.9 Å². The molecule has 1 atom stereocenters. The van der Waals surface area contributed by atoms with Crippen LogP contribution in [0.1, 0.15) is 24.2 Å². The fourth-order valence-corrected chi connectivity index (χ4v) is 2.40. The van der Waals surface area contributed by atoms with E-state index >= 15 is 0 Å². The van der Waals surface area contributed by atoms with Gasteiger partial charge in [0.05, 0.1) is 17.5 Å². The van der Waals surface area contributed by atoms with Gasteiger partial charge in [-0.25, -0.2) is 13.2 Å². The number of hydrogen-bond donors (Lipinski definition) is 3. The Morgan fingerprint density at radius 1 is 1.25 bits per heavy atom. The van der Waals surface area contributed by atoms with Crippen LogP contribution < -0.4 is 10.0 Å². The lowest BCUT2D eigenvalue weighted by atomic mass is 10.1. The van der Waals surface area contributed by atoms with Gasteiger partial charge in [-0.05, 0) is 25.1 Å². The molecule has 3 N–H and O–H groups in total. The van der Waals surface area contributed by atoms with Gasteiger partial charge in [0.15, 0.2) is 0 Å². The number of carbonyl (C=O) groups is 3. The van der Waals surface area contributed by atoms with Gasteiger partial charge in [-0.3, -0.25) is 14.3 Å². The monoisotopic (exact) mass is 357 g/mol. The molecule has 1 unspecified atom stereocenters. The van der Waals surface area contributed by atoms with Gasteiger partial charge in [-0.15, -0.1) is 0 Å². The molecule has 10 heteroatoms. The number of aliphatic carboxylic acids is 1. The first-order valence-electron chi connectivity index (χ1n) is 6.81. The van der Waals surface area contributed by atoms with Gasteiger partial charge < -0.3 is 15.3 Å². The summed E-state index contributed by atoms with van der Waals surface area (Å²) in [6.07, 6.45) is 0.923. The zero-order valence-electron chi connectivity index (χ0n) is 13.7. The molecule has 0 fully saturated rings. The third-order valence-corrected chi connectivity index (χ3v) is 3.72. The molecule has 0 spiro atoms. The maximum atomic E-state index is 12.6. The Bertz CT molecular complexity index is 775. The van der Waals surface area contributed by atoms with E-state index in [1.165, 1.54) is 39.1 Å². The average Bonchev–Trinajstić information content (AvgIpc) is 2.44. The number of hydrogen-bond acceptors (Lipinski definition) is 5. The molecular formula is C14H19N3O6S. The molecule has 0 heterocycles. The number of likely N-dealkylation sites (N-methyl/N-ethyl adjacent to an activating group) is 1. The van der Waals surface area contributed by atoms with Gasteiger partial charge >= 0.3 is 5.97 Å². The minimum absolute atomic E-state index is 0.0129. The molecule has 0 aliphatic rings. The summed E-state index contributed by atoms with van der Waals surface area (Å²) in [6.45, 7) is 2.60. The van der Waals surface area contributed by atoms with Crippen molar-refractivity contribution in [3.8, 4) is 0 Å². The molecule has 2 amide bonds. The molecule has 1 rings (SSSR count). The highest BCUT2D eigenvalue weighted by Crippen LogP contribution is 2.23. The standard InChI is InChI=1S/C14H19N3O6S/c1-8(14(20)21)17(3)13(19)11-7-10(15-9(2)18)5-6-12(11)16-24(4,22)23/h5-8,16H,1-4H3,(H,15,18)(H,20,21). The van der Waals surface area contributed by atoms with Gasteiger partial charge in [0.25, 0.3) is 5.91 Å². The van der Waals surface area contributed by atoms with Crippen LogP contribution in [0.3, 0.4) is 0 Å². The van der Waals surface area contributed by atoms with E-state index in [9.17, 15) is 22.8 Å².